The van der Waals surface area contributed by atoms with Gasteiger partial charge in [0.25, 0.3) is 0 Å². The summed E-state index contributed by atoms with van der Waals surface area (Å²) >= 11 is 0. The molecule has 1 aromatic heterocycles. The number of carbonyl (C=O) groups is 1. The molecular weight excluding hydrogens is 266 g/mol. The van der Waals surface area contributed by atoms with E-state index in [-0.39, 0.29) is 11.9 Å². The molecule has 2 N–H and O–H groups in total. The lowest BCUT2D eigenvalue weighted by atomic mass is 10.0. The van der Waals surface area contributed by atoms with Crippen LogP contribution in [-0.2, 0) is 11.2 Å². The third-order valence-corrected chi connectivity index (χ3v) is 3.92. The third kappa shape index (κ3) is 3.62. The monoisotopic (exact) mass is 291 g/mol. The maximum Gasteiger partial charge on any atom is 0.217 e. The number of nitrogens with zero attached hydrogens (tertiary/aromatic N) is 3. The molecule has 21 heavy (non-hydrogen) atoms. The Labute approximate surface area is 126 Å². The van der Waals surface area contributed by atoms with E-state index in [1.807, 2.05) is 7.05 Å². The number of amides is 1. The Kier molecular flexibility index (Phi) is 4.98. The Bertz CT molecular complexity index is 509. The molecule has 0 radical (unpaired) electrons. The molecule has 0 spiro atoms. The van der Waals surface area contributed by atoms with Gasteiger partial charge in [-0.1, -0.05) is 6.92 Å². The van der Waals surface area contributed by atoms with Gasteiger partial charge in [0.2, 0.25) is 5.91 Å². The zero-order valence-electron chi connectivity index (χ0n) is 13.4. The second kappa shape index (κ2) is 6.74. The molecule has 1 saturated heterocycles. The Balaban J connectivity index is 2.14. The van der Waals surface area contributed by atoms with E-state index in [1.165, 1.54) is 0 Å². The lowest BCUT2D eigenvalue weighted by Gasteiger charge is -2.34. The second-order valence-electron chi connectivity index (χ2n) is 5.50. The van der Waals surface area contributed by atoms with E-state index in [1.54, 1.807) is 6.92 Å². The Morgan fingerprint density at radius 3 is 2.52 bits per heavy atom. The minimum absolute atomic E-state index is 0.0532. The summed E-state index contributed by atoms with van der Waals surface area (Å²) in [5, 5.41) is 6.15. The van der Waals surface area contributed by atoms with Crippen molar-refractivity contribution in [1.82, 2.24) is 15.3 Å². The van der Waals surface area contributed by atoms with E-state index >= 15 is 0 Å². The number of nitrogens with one attached hydrogen (secondary N) is 2. The van der Waals surface area contributed by atoms with Gasteiger partial charge in [0.1, 0.15) is 17.5 Å². The molecule has 1 aliphatic rings. The van der Waals surface area contributed by atoms with E-state index in [0.717, 1.165) is 55.4 Å². The number of hydrogen-bond acceptors (Lipinski definition) is 5. The highest BCUT2D eigenvalue weighted by molar-refractivity contribution is 5.73. The van der Waals surface area contributed by atoms with E-state index in [4.69, 9.17) is 4.98 Å². The minimum atomic E-state index is 0.0532. The lowest BCUT2D eigenvalue weighted by Crippen LogP contribution is -2.44. The number of carbonyl (C=O) groups excluding carboxylic acids is 1. The number of aryl methyl sites for hydroxylation is 1. The van der Waals surface area contributed by atoms with Gasteiger partial charge in [-0.2, -0.15) is 0 Å². The number of rotatable bonds is 4. The van der Waals surface area contributed by atoms with Crippen LogP contribution >= 0.6 is 0 Å². The molecule has 0 saturated carbocycles. The molecule has 2 heterocycles. The molecule has 116 valence electrons. The molecule has 0 unspecified atom stereocenters. The van der Waals surface area contributed by atoms with Gasteiger partial charge in [-0.05, 0) is 19.8 Å². The predicted molar refractivity (Wildman–Crippen MR) is 84.7 cm³/mol. The van der Waals surface area contributed by atoms with Crippen LogP contribution in [0, 0.1) is 6.92 Å². The molecule has 6 heteroatoms. The van der Waals surface area contributed by atoms with Gasteiger partial charge in [-0.25, -0.2) is 9.97 Å². The van der Waals surface area contributed by atoms with Gasteiger partial charge in [0.15, 0.2) is 0 Å². The first kappa shape index (κ1) is 15.5. The first-order chi connectivity index (χ1) is 10.0. The number of piperidine rings is 1. The van der Waals surface area contributed by atoms with Crippen LogP contribution in [0.5, 0.6) is 0 Å². The van der Waals surface area contributed by atoms with Gasteiger partial charge < -0.3 is 15.5 Å². The minimum Gasteiger partial charge on any atom is -0.373 e. The van der Waals surface area contributed by atoms with Crippen molar-refractivity contribution in [3.63, 3.8) is 0 Å². The summed E-state index contributed by atoms with van der Waals surface area (Å²) in [6.45, 7) is 7.52. The SMILES string of the molecule is CCc1nc(NC)c(C)c(N2CCC(NC(C)=O)CC2)n1. The van der Waals surface area contributed by atoms with Crippen LogP contribution < -0.4 is 15.5 Å². The zero-order valence-corrected chi connectivity index (χ0v) is 13.4. The summed E-state index contributed by atoms with van der Waals surface area (Å²) in [6, 6.07) is 0.287. The first-order valence-corrected chi connectivity index (χ1v) is 7.62. The number of anilines is 2. The Morgan fingerprint density at radius 2 is 2.00 bits per heavy atom. The van der Waals surface area contributed by atoms with Gasteiger partial charge in [0, 0.05) is 45.1 Å². The van der Waals surface area contributed by atoms with Crippen molar-refractivity contribution in [1.29, 1.82) is 0 Å². The highest BCUT2D eigenvalue weighted by Gasteiger charge is 2.23. The highest BCUT2D eigenvalue weighted by atomic mass is 16.1. The van der Waals surface area contributed by atoms with Gasteiger partial charge in [-0.3, -0.25) is 4.79 Å². The molecule has 1 fully saturated rings. The molecule has 6 nitrogen and oxygen atoms in total. The van der Waals surface area contributed by atoms with Crippen molar-refractivity contribution in [2.24, 2.45) is 0 Å². The van der Waals surface area contributed by atoms with E-state index in [2.05, 4.69) is 34.4 Å². The number of hydrogen-bond donors (Lipinski definition) is 2. The van der Waals surface area contributed by atoms with Crippen LogP contribution in [0.1, 0.15) is 38.1 Å². The van der Waals surface area contributed by atoms with Crippen LogP contribution in [0.15, 0.2) is 0 Å². The molecule has 1 aliphatic heterocycles. The quantitative estimate of drug-likeness (QED) is 0.879. The van der Waals surface area contributed by atoms with Crippen molar-refractivity contribution in [3.8, 4) is 0 Å². The smallest absolute Gasteiger partial charge is 0.217 e. The van der Waals surface area contributed by atoms with Gasteiger partial charge >= 0.3 is 0 Å². The molecule has 0 aliphatic carbocycles. The van der Waals surface area contributed by atoms with Crippen LogP contribution in [0.4, 0.5) is 11.6 Å². The van der Waals surface area contributed by atoms with Crippen molar-refractivity contribution in [2.45, 2.75) is 46.1 Å². The largest absolute Gasteiger partial charge is 0.373 e. The second-order valence-corrected chi connectivity index (χ2v) is 5.50. The zero-order chi connectivity index (χ0) is 15.4. The average molecular weight is 291 g/mol. The van der Waals surface area contributed by atoms with Crippen molar-refractivity contribution >= 4 is 17.5 Å². The lowest BCUT2D eigenvalue weighted by molar-refractivity contribution is -0.119. The first-order valence-electron chi connectivity index (χ1n) is 7.62. The molecular formula is C15H25N5O. The fraction of sp³-hybridized carbons (Fsp3) is 0.667. The fourth-order valence-corrected chi connectivity index (χ4v) is 2.78. The third-order valence-electron chi connectivity index (χ3n) is 3.92. The summed E-state index contributed by atoms with van der Waals surface area (Å²) in [5.41, 5.74) is 1.09. The fourth-order valence-electron chi connectivity index (χ4n) is 2.78. The van der Waals surface area contributed by atoms with Gasteiger partial charge in [0.05, 0.1) is 0 Å². The molecule has 2 rings (SSSR count). The normalized spacial score (nSPS) is 15.9. The standard InChI is InChI=1S/C15H25N5O/c1-5-13-18-14(16-4)10(2)15(19-13)20-8-6-12(7-9-20)17-11(3)21/h12H,5-9H2,1-4H3,(H,17,21)(H,16,18,19). The van der Waals surface area contributed by atoms with Gasteiger partial charge in [-0.15, -0.1) is 0 Å². The van der Waals surface area contributed by atoms with E-state index in [0.29, 0.717) is 0 Å². The predicted octanol–water partition coefficient (Wildman–Crippen LogP) is 1.49. The maximum atomic E-state index is 11.1. The topological polar surface area (TPSA) is 70.2 Å². The Morgan fingerprint density at radius 1 is 1.33 bits per heavy atom. The van der Waals surface area contributed by atoms with E-state index in [9.17, 15) is 4.79 Å². The van der Waals surface area contributed by atoms with Crippen molar-refractivity contribution in [2.75, 3.05) is 30.4 Å². The van der Waals surface area contributed by atoms with Crippen molar-refractivity contribution < 1.29 is 4.79 Å². The molecule has 0 bridgehead atoms. The summed E-state index contributed by atoms with van der Waals surface area (Å²) in [5.74, 6) is 2.84. The summed E-state index contributed by atoms with van der Waals surface area (Å²) in [6.07, 6.45) is 2.74. The van der Waals surface area contributed by atoms with Crippen LogP contribution in [0.3, 0.4) is 0 Å². The molecule has 0 aromatic carbocycles. The number of aromatic nitrogens is 2. The van der Waals surface area contributed by atoms with E-state index < -0.39 is 0 Å². The highest BCUT2D eigenvalue weighted by Crippen LogP contribution is 2.26. The van der Waals surface area contributed by atoms with Crippen LogP contribution in [-0.4, -0.2) is 42.1 Å². The summed E-state index contributed by atoms with van der Waals surface area (Å²) in [4.78, 5) is 22.6. The summed E-state index contributed by atoms with van der Waals surface area (Å²) < 4.78 is 0. The average Bonchev–Trinajstić information content (AvgIpc) is 2.48. The molecule has 0 atom stereocenters. The molecule has 1 amide bonds. The Hall–Kier alpha value is -1.85. The maximum absolute atomic E-state index is 11.1. The summed E-state index contributed by atoms with van der Waals surface area (Å²) in [7, 11) is 1.89. The molecule has 1 aromatic rings. The van der Waals surface area contributed by atoms with Crippen molar-refractivity contribution in [3.05, 3.63) is 11.4 Å². The van der Waals surface area contributed by atoms with Crippen LogP contribution in [0.25, 0.3) is 0 Å². The van der Waals surface area contributed by atoms with Crippen LogP contribution in [0.2, 0.25) is 0 Å².